The molecule has 1 amide bonds. The summed E-state index contributed by atoms with van der Waals surface area (Å²) in [7, 11) is -3.88. The topological polar surface area (TPSA) is 120 Å². The Morgan fingerprint density at radius 2 is 1.81 bits per heavy atom. The first-order valence-corrected chi connectivity index (χ1v) is 11.1. The molecule has 0 saturated heterocycles. The van der Waals surface area contributed by atoms with Gasteiger partial charge in [0.15, 0.2) is 11.5 Å². The number of nitrogens with zero attached hydrogens (tertiary/aromatic N) is 1. The van der Waals surface area contributed by atoms with E-state index in [4.69, 9.17) is 25.6 Å². The van der Waals surface area contributed by atoms with Crippen LogP contribution in [0.25, 0.3) is 0 Å². The van der Waals surface area contributed by atoms with E-state index in [1.807, 2.05) is 0 Å². The molecule has 2 heterocycles. The van der Waals surface area contributed by atoms with Crippen molar-refractivity contribution in [2.75, 3.05) is 23.3 Å². The molecule has 1 aromatic heterocycles. The van der Waals surface area contributed by atoms with Gasteiger partial charge in [-0.3, -0.25) is 4.79 Å². The second kappa shape index (κ2) is 8.12. The maximum Gasteiger partial charge on any atom is 0.264 e. The van der Waals surface area contributed by atoms with Gasteiger partial charge in [-0.05, 0) is 50.2 Å². The molecular weight excluding hydrogens is 446 g/mol. The largest absolute Gasteiger partial charge is 0.486 e. The van der Waals surface area contributed by atoms with Crippen LogP contribution in [0.5, 0.6) is 11.5 Å². The van der Waals surface area contributed by atoms with E-state index >= 15 is 0 Å². The zero-order valence-electron chi connectivity index (χ0n) is 16.6. The summed E-state index contributed by atoms with van der Waals surface area (Å²) in [6.45, 7) is 4.17. The number of carbonyl (C=O) groups excluding carboxylic acids is 1. The van der Waals surface area contributed by atoms with Crippen molar-refractivity contribution < 1.29 is 27.2 Å². The molecule has 0 unspecified atom stereocenters. The number of anilines is 2. The molecule has 9 nitrogen and oxygen atoms in total. The smallest absolute Gasteiger partial charge is 0.264 e. The molecule has 1 aliphatic rings. The number of halogens is 1. The number of sulfonamides is 1. The van der Waals surface area contributed by atoms with Crippen LogP contribution < -0.4 is 19.5 Å². The predicted molar refractivity (Wildman–Crippen MR) is 114 cm³/mol. The fraction of sp³-hybridized carbons (Fsp3) is 0.200. The first-order chi connectivity index (χ1) is 14.7. The van der Waals surface area contributed by atoms with E-state index in [1.54, 1.807) is 19.9 Å². The number of nitrogens with one attached hydrogen (secondary N) is 2. The molecule has 3 aromatic rings. The normalized spacial score (nSPS) is 13.0. The lowest BCUT2D eigenvalue weighted by Gasteiger charge is -2.20. The maximum absolute atomic E-state index is 12.6. The maximum atomic E-state index is 12.6. The molecule has 0 spiro atoms. The van der Waals surface area contributed by atoms with Crippen LogP contribution in [-0.4, -0.2) is 32.7 Å². The van der Waals surface area contributed by atoms with Crippen molar-refractivity contribution in [1.29, 1.82) is 0 Å². The highest BCUT2D eigenvalue weighted by atomic mass is 35.5. The number of hydrogen-bond acceptors (Lipinski definition) is 7. The Bertz CT molecular complexity index is 1250. The molecule has 1 aliphatic heterocycles. The van der Waals surface area contributed by atoms with Crippen LogP contribution in [0.15, 0.2) is 45.8 Å². The van der Waals surface area contributed by atoms with Gasteiger partial charge in [0.2, 0.25) is 5.88 Å². The summed E-state index contributed by atoms with van der Waals surface area (Å²) in [5.74, 6) is 0.434. The molecule has 0 saturated carbocycles. The van der Waals surface area contributed by atoms with E-state index < -0.39 is 15.9 Å². The monoisotopic (exact) mass is 463 g/mol. The van der Waals surface area contributed by atoms with Gasteiger partial charge in [0.25, 0.3) is 15.9 Å². The summed E-state index contributed by atoms with van der Waals surface area (Å²) >= 11 is 6.17. The van der Waals surface area contributed by atoms with E-state index in [9.17, 15) is 13.2 Å². The predicted octanol–water partition coefficient (Wildman–Crippen LogP) is 3.77. The molecule has 2 N–H and O–H groups in total. The minimum atomic E-state index is -3.88. The van der Waals surface area contributed by atoms with Crippen molar-refractivity contribution >= 4 is 39.1 Å². The highest BCUT2D eigenvalue weighted by Crippen LogP contribution is 2.38. The van der Waals surface area contributed by atoms with Gasteiger partial charge < -0.3 is 19.3 Å². The van der Waals surface area contributed by atoms with Crippen molar-refractivity contribution in [3.05, 3.63) is 58.2 Å². The summed E-state index contributed by atoms with van der Waals surface area (Å²) in [5, 5.41) is 6.69. The number of ether oxygens (including phenoxy) is 2. The quantitative estimate of drug-likeness (QED) is 0.590. The fourth-order valence-corrected chi connectivity index (χ4v) is 4.17. The second-order valence-corrected chi connectivity index (χ2v) is 8.88. The molecule has 0 aliphatic carbocycles. The number of aromatic nitrogens is 1. The molecule has 162 valence electrons. The first-order valence-electron chi connectivity index (χ1n) is 9.21. The minimum absolute atomic E-state index is 0.00123. The van der Waals surface area contributed by atoms with Crippen molar-refractivity contribution in [1.82, 2.24) is 5.16 Å². The summed E-state index contributed by atoms with van der Waals surface area (Å²) in [6, 6.07) is 8.71. The SMILES string of the molecule is Cc1noc(NS(=O)(=O)c2ccc(NC(=O)c3cc(Cl)c4c(c3)OCCO4)cc2)c1C. The number of amides is 1. The first kappa shape index (κ1) is 21.0. The number of benzene rings is 2. The average Bonchev–Trinajstić information content (AvgIpc) is 3.05. The molecular formula is C20H18ClN3O6S. The lowest BCUT2D eigenvalue weighted by Crippen LogP contribution is -2.18. The zero-order valence-corrected chi connectivity index (χ0v) is 18.1. The van der Waals surface area contributed by atoms with Crippen LogP contribution in [0.1, 0.15) is 21.6 Å². The van der Waals surface area contributed by atoms with E-state index in [1.165, 1.54) is 30.3 Å². The number of carbonyl (C=O) groups is 1. The van der Waals surface area contributed by atoms with Gasteiger partial charge in [-0.25, -0.2) is 13.1 Å². The van der Waals surface area contributed by atoms with Crippen molar-refractivity contribution in [2.45, 2.75) is 18.7 Å². The van der Waals surface area contributed by atoms with Crippen molar-refractivity contribution in [2.24, 2.45) is 0 Å². The standard InChI is InChI=1S/C20H18ClN3O6S/c1-11-12(2)23-30-20(11)24-31(26,27)15-5-3-14(4-6-15)22-19(25)13-9-16(21)18-17(10-13)28-7-8-29-18/h3-6,9-10,24H,7-8H2,1-2H3,(H,22,25). The number of fused-ring (bicyclic) bond motifs is 1. The van der Waals surface area contributed by atoms with Crippen LogP contribution in [-0.2, 0) is 10.0 Å². The summed E-state index contributed by atoms with van der Waals surface area (Å²) in [4.78, 5) is 12.6. The Morgan fingerprint density at radius 3 is 2.48 bits per heavy atom. The Balaban J connectivity index is 1.49. The van der Waals surface area contributed by atoms with Gasteiger partial charge in [-0.15, -0.1) is 0 Å². The van der Waals surface area contributed by atoms with Crippen molar-refractivity contribution in [3.63, 3.8) is 0 Å². The third-order valence-corrected chi connectivity index (χ3v) is 6.29. The highest BCUT2D eigenvalue weighted by molar-refractivity contribution is 7.92. The van der Waals surface area contributed by atoms with E-state index in [0.717, 1.165) is 0 Å². The summed E-state index contributed by atoms with van der Waals surface area (Å²) in [6.07, 6.45) is 0. The van der Waals surface area contributed by atoms with Crippen LogP contribution in [0.3, 0.4) is 0 Å². The van der Waals surface area contributed by atoms with E-state index in [2.05, 4.69) is 15.2 Å². The Morgan fingerprint density at radius 1 is 1.10 bits per heavy atom. The summed E-state index contributed by atoms with van der Waals surface area (Å²) in [5.41, 5.74) is 1.88. The average molecular weight is 464 g/mol. The van der Waals surface area contributed by atoms with Gasteiger partial charge in [0.1, 0.15) is 13.2 Å². The molecule has 4 rings (SSSR count). The van der Waals surface area contributed by atoms with E-state index in [0.29, 0.717) is 41.7 Å². The van der Waals surface area contributed by atoms with Crippen molar-refractivity contribution in [3.8, 4) is 11.5 Å². The number of rotatable bonds is 5. The van der Waals surface area contributed by atoms with Gasteiger partial charge in [0, 0.05) is 16.8 Å². The lowest BCUT2D eigenvalue weighted by molar-refractivity contribution is 0.102. The fourth-order valence-electron chi connectivity index (χ4n) is 2.85. The second-order valence-electron chi connectivity index (χ2n) is 6.79. The van der Waals surface area contributed by atoms with Gasteiger partial charge >= 0.3 is 0 Å². The molecule has 2 aromatic carbocycles. The van der Waals surface area contributed by atoms with Crippen LogP contribution in [0, 0.1) is 13.8 Å². The van der Waals surface area contributed by atoms with Crippen LogP contribution >= 0.6 is 11.6 Å². The third kappa shape index (κ3) is 4.30. The molecule has 0 radical (unpaired) electrons. The molecule has 0 fully saturated rings. The van der Waals surface area contributed by atoms with Gasteiger partial charge in [0.05, 0.1) is 15.6 Å². The number of aryl methyl sites for hydroxylation is 1. The van der Waals surface area contributed by atoms with Gasteiger partial charge in [-0.1, -0.05) is 16.8 Å². The van der Waals surface area contributed by atoms with Gasteiger partial charge in [-0.2, -0.15) is 0 Å². The minimum Gasteiger partial charge on any atom is -0.486 e. The Hall–Kier alpha value is -3.24. The molecule has 31 heavy (non-hydrogen) atoms. The third-order valence-electron chi connectivity index (χ3n) is 4.67. The molecule has 0 atom stereocenters. The van der Waals surface area contributed by atoms with Crippen LogP contribution in [0.2, 0.25) is 5.02 Å². The van der Waals surface area contributed by atoms with E-state index in [-0.39, 0.29) is 21.4 Å². The summed E-state index contributed by atoms with van der Waals surface area (Å²) < 4.78 is 43.4. The number of hydrogen-bond donors (Lipinski definition) is 2. The molecule has 11 heteroatoms. The Labute approximate surface area is 183 Å². The lowest BCUT2D eigenvalue weighted by atomic mass is 10.1. The zero-order chi connectivity index (χ0) is 22.2. The molecule has 0 bridgehead atoms. The Kier molecular flexibility index (Phi) is 5.50. The van der Waals surface area contributed by atoms with Crippen LogP contribution in [0.4, 0.5) is 11.6 Å². The highest BCUT2D eigenvalue weighted by Gasteiger charge is 2.21.